The van der Waals surface area contributed by atoms with Gasteiger partial charge in [0.1, 0.15) is 17.4 Å². The van der Waals surface area contributed by atoms with Crippen molar-refractivity contribution in [2.75, 3.05) is 12.4 Å². The molecule has 0 saturated carbocycles. The second kappa shape index (κ2) is 5.88. The van der Waals surface area contributed by atoms with E-state index in [2.05, 4.69) is 5.32 Å². The highest BCUT2D eigenvalue weighted by molar-refractivity contribution is 6.34. The molecule has 0 spiro atoms. The molecule has 0 fully saturated rings. The van der Waals surface area contributed by atoms with Gasteiger partial charge in [0.25, 0.3) is 5.91 Å². The Kier molecular flexibility index (Phi) is 4.20. The Bertz CT molecular complexity index is 662. The van der Waals surface area contributed by atoms with E-state index in [1.807, 2.05) is 0 Å². The summed E-state index contributed by atoms with van der Waals surface area (Å²) in [6.07, 6.45) is 0. The highest BCUT2D eigenvalue weighted by Crippen LogP contribution is 2.27. The van der Waals surface area contributed by atoms with Crippen LogP contribution in [-0.4, -0.2) is 13.0 Å². The second-order valence-corrected chi connectivity index (χ2v) is 4.33. The van der Waals surface area contributed by atoms with Crippen molar-refractivity contribution >= 4 is 23.2 Å². The molecule has 2 rings (SSSR count). The van der Waals surface area contributed by atoms with Crippen molar-refractivity contribution in [3.8, 4) is 5.75 Å². The van der Waals surface area contributed by atoms with E-state index in [1.165, 1.54) is 19.2 Å². The molecule has 0 heterocycles. The SMILES string of the molecule is COc1ccc(NC(=O)c2ccc(F)cc2F)c(Cl)c1. The predicted octanol–water partition coefficient (Wildman–Crippen LogP) is 3.88. The third-order valence-electron chi connectivity index (χ3n) is 2.60. The number of halogens is 3. The Morgan fingerprint density at radius 1 is 1.20 bits per heavy atom. The monoisotopic (exact) mass is 297 g/mol. The third kappa shape index (κ3) is 3.05. The summed E-state index contributed by atoms with van der Waals surface area (Å²) in [4.78, 5) is 11.9. The molecule has 1 N–H and O–H groups in total. The van der Waals surface area contributed by atoms with Gasteiger partial charge in [0.2, 0.25) is 0 Å². The van der Waals surface area contributed by atoms with Crippen LogP contribution in [0.5, 0.6) is 5.75 Å². The van der Waals surface area contributed by atoms with Crippen LogP contribution in [0, 0.1) is 11.6 Å². The van der Waals surface area contributed by atoms with Crippen LogP contribution in [-0.2, 0) is 0 Å². The van der Waals surface area contributed by atoms with Gasteiger partial charge in [-0.1, -0.05) is 11.6 Å². The van der Waals surface area contributed by atoms with E-state index in [-0.39, 0.29) is 10.6 Å². The molecule has 0 aliphatic rings. The number of carbonyl (C=O) groups is 1. The first-order valence-electron chi connectivity index (χ1n) is 5.61. The van der Waals surface area contributed by atoms with E-state index in [4.69, 9.17) is 16.3 Å². The maximum absolute atomic E-state index is 13.5. The van der Waals surface area contributed by atoms with E-state index >= 15 is 0 Å². The van der Waals surface area contributed by atoms with Gasteiger partial charge >= 0.3 is 0 Å². The first-order valence-corrected chi connectivity index (χ1v) is 5.99. The van der Waals surface area contributed by atoms with Crippen molar-refractivity contribution in [2.24, 2.45) is 0 Å². The molecule has 2 aromatic carbocycles. The van der Waals surface area contributed by atoms with Crippen molar-refractivity contribution in [1.29, 1.82) is 0 Å². The molecule has 0 saturated heterocycles. The first-order chi connectivity index (χ1) is 9.51. The summed E-state index contributed by atoms with van der Waals surface area (Å²) < 4.78 is 31.2. The molecule has 6 heteroatoms. The molecule has 104 valence electrons. The van der Waals surface area contributed by atoms with Crippen molar-refractivity contribution < 1.29 is 18.3 Å². The van der Waals surface area contributed by atoms with Crippen LogP contribution in [0.2, 0.25) is 5.02 Å². The summed E-state index contributed by atoms with van der Waals surface area (Å²) in [5.41, 5.74) is 0.0412. The van der Waals surface area contributed by atoms with Crippen LogP contribution in [0.3, 0.4) is 0 Å². The lowest BCUT2D eigenvalue weighted by Crippen LogP contribution is -2.14. The molecule has 3 nitrogen and oxygen atoms in total. The van der Waals surface area contributed by atoms with E-state index in [1.54, 1.807) is 6.07 Å². The second-order valence-electron chi connectivity index (χ2n) is 3.92. The predicted molar refractivity (Wildman–Crippen MR) is 72.3 cm³/mol. The Balaban J connectivity index is 2.23. The summed E-state index contributed by atoms with van der Waals surface area (Å²) in [7, 11) is 1.48. The van der Waals surface area contributed by atoms with Crippen LogP contribution in [0.25, 0.3) is 0 Å². The van der Waals surface area contributed by atoms with Crippen LogP contribution < -0.4 is 10.1 Å². The molecule has 0 bridgehead atoms. The molecule has 0 atom stereocenters. The van der Waals surface area contributed by atoms with E-state index in [0.29, 0.717) is 17.5 Å². The Hall–Kier alpha value is -2.14. The van der Waals surface area contributed by atoms with Crippen molar-refractivity contribution in [3.63, 3.8) is 0 Å². The summed E-state index contributed by atoms with van der Waals surface area (Å²) in [6, 6.07) is 7.36. The molecular weight excluding hydrogens is 288 g/mol. The lowest BCUT2D eigenvalue weighted by Gasteiger charge is -2.09. The molecule has 0 aromatic heterocycles. The Labute approximate surface area is 119 Å². The largest absolute Gasteiger partial charge is 0.497 e. The zero-order valence-corrected chi connectivity index (χ0v) is 11.2. The molecule has 0 aliphatic carbocycles. The van der Waals surface area contributed by atoms with E-state index < -0.39 is 17.5 Å². The molecule has 0 unspecified atom stereocenters. The quantitative estimate of drug-likeness (QED) is 0.933. The van der Waals surface area contributed by atoms with Crippen LogP contribution in [0.4, 0.5) is 14.5 Å². The summed E-state index contributed by atoms with van der Waals surface area (Å²) in [5.74, 6) is -1.87. The molecule has 0 aliphatic heterocycles. The number of methoxy groups -OCH3 is 1. The molecule has 2 aromatic rings. The zero-order valence-electron chi connectivity index (χ0n) is 10.4. The normalized spacial score (nSPS) is 10.2. The number of carbonyl (C=O) groups excluding carboxylic acids is 1. The molecule has 0 radical (unpaired) electrons. The maximum atomic E-state index is 13.5. The summed E-state index contributed by atoms with van der Waals surface area (Å²) in [6.45, 7) is 0. The van der Waals surface area contributed by atoms with Gasteiger partial charge in [0.15, 0.2) is 0 Å². The average Bonchev–Trinajstić information content (AvgIpc) is 2.40. The van der Waals surface area contributed by atoms with Crippen LogP contribution >= 0.6 is 11.6 Å². The summed E-state index contributed by atoms with van der Waals surface area (Å²) in [5, 5.41) is 2.70. The Morgan fingerprint density at radius 3 is 2.55 bits per heavy atom. The molecular formula is C14H10ClF2NO2. The maximum Gasteiger partial charge on any atom is 0.258 e. The number of hydrogen-bond acceptors (Lipinski definition) is 2. The van der Waals surface area contributed by atoms with Gasteiger partial charge in [-0.3, -0.25) is 4.79 Å². The van der Waals surface area contributed by atoms with Gasteiger partial charge in [-0.05, 0) is 24.3 Å². The molecule has 1 amide bonds. The van der Waals surface area contributed by atoms with Gasteiger partial charge in [0.05, 0.1) is 23.4 Å². The van der Waals surface area contributed by atoms with Crippen molar-refractivity contribution in [3.05, 3.63) is 58.6 Å². The van der Waals surface area contributed by atoms with E-state index in [9.17, 15) is 13.6 Å². The summed E-state index contributed by atoms with van der Waals surface area (Å²) >= 11 is 5.96. The van der Waals surface area contributed by atoms with Crippen LogP contribution in [0.15, 0.2) is 36.4 Å². The van der Waals surface area contributed by atoms with Crippen molar-refractivity contribution in [2.45, 2.75) is 0 Å². The van der Waals surface area contributed by atoms with Gasteiger partial charge in [-0.15, -0.1) is 0 Å². The van der Waals surface area contributed by atoms with E-state index in [0.717, 1.165) is 12.1 Å². The number of rotatable bonds is 3. The minimum atomic E-state index is -0.938. The Morgan fingerprint density at radius 2 is 1.95 bits per heavy atom. The number of amides is 1. The number of nitrogens with one attached hydrogen (secondary N) is 1. The zero-order chi connectivity index (χ0) is 14.7. The first kappa shape index (κ1) is 14.3. The van der Waals surface area contributed by atoms with Gasteiger partial charge in [-0.25, -0.2) is 8.78 Å². The lowest BCUT2D eigenvalue weighted by atomic mass is 10.2. The topological polar surface area (TPSA) is 38.3 Å². The molecule has 20 heavy (non-hydrogen) atoms. The minimum Gasteiger partial charge on any atom is -0.497 e. The number of anilines is 1. The third-order valence-corrected chi connectivity index (χ3v) is 2.91. The fourth-order valence-electron chi connectivity index (χ4n) is 1.59. The van der Waals surface area contributed by atoms with Gasteiger partial charge in [-0.2, -0.15) is 0 Å². The fraction of sp³-hybridized carbons (Fsp3) is 0.0714. The smallest absolute Gasteiger partial charge is 0.258 e. The van der Waals surface area contributed by atoms with Gasteiger partial charge < -0.3 is 10.1 Å². The average molecular weight is 298 g/mol. The fourth-order valence-corrected chi connectivity index (χ4v) is 1.81. The van der Waals surface area contributed by atoms with Crippen molar-refractivity contribution in [1.82, 2.24) is 0 Å². The standard InChI is InChI=1S/C14H10ClF2NO2/c1-20-9-3-5-13(11(15)7-9)18-14(19)10-4-2-8(16)6-12(10)17/h2-7H,1H3,(H,18,19). The minimum absolute atomic E-state index is 0.250. The number of benzene rings is 2. The number of hydrogen-bond donors (Lipinski definition) is 1. The highest BCUT2D eigenvalue weighted by Gasteiger charge is 2.14. The lowest BCUT2D eigenvalue weighted by molar-refractivity contribution is 0.102. The highest BCUT2D eigenvalue weighted by atomic mass is 35.5. The van der Waals surface area contributed by atoms with Crippen LogP contribution in [0.1, 0.15) is 10.4 Å². The number of ether oxygens (including phenoxy) is 1. The van der Waals surface area contributed by atoms with Gasteiger partial charge in [0, 0.05) is 12.1 Å².